The van der Waals surface area contributed by atoms with Crippen LogP contribution in [-0.2, 0) is 0 Å². The van der Waals surface area contributed by atoms with Crippen LogP contribution in [0.4, 0.5) is 17.1 Å². The molecule has 2 aromatic rings. The molecule has 0 saturated heterocycles. The molecule has 82 valence electrons. The third kappa shape index (κ3) is 2.66. The van der Waals surface area contributed by atoms with Gasteiger partial charge in [-0.2, -0.15) is 0 Å². The number of nitrogens with one attached hydrogen (secondary N) is 1. The third-order valence-corrected chi connectivity index (χ3v) is 3.18. The van der Waals surface area contributed by atoms with Gasteiger partial charge in [-0.3, -0.25) is 0 Å². The van der Waals surface area contributed by atoms with Gasteiger partial charge in [0.05, 0.1) is 5.69 Å². The molecule has 16 heavy (non-hydrogen) atoms. The van der Waals surface area contributed by atoms with Gasteiger partial charge in [0.1, 0.15) is 0 Å². The highest BCUT2D eigenvalue weighted by atomic mass is 127. The highest BCUT2D eigenvalue weighted by Crippen LogP contribution is 2.24. The Bertz CT molecular complexity index is 509. The number of benzene rings is 2. The fraction of sp³-hybridized carbons (Fsp3) is 0.0769. The minimum absolute atomic E-state index is 0.791. The molecule has 0 amide bonds. The Morgan fingerprint density at radius 1 is 1.12 bits per heavy atom. The number of hydrogen-bond donors (Lipinski definition) is 2. The lowest BCUT2D eigenvalue weighted by atomic mass is 10.2. The monoisotopic (exact) mass is 324 g/mol. The van der Waals surface area contributed by atoms with Gasteiger partial charge < -0.3 is 11.1 Å². The number of aryl methyl sites for hydroxylation is 1. The number of nitrogen functional groups attached to an aromatic ring is 1. The van der Waals surface area contributed by atoms with Gasteiger partial charge in [-0.25, -0.2) is 0 Å². The van der Waals surface area contributed by atoms with E-state index >= 15 is 0 Å². The molecule has 2 aromatic carbocycles. The van der Waals surface area contributed by atoms with Crippen molar-refractivity contribution in [3.8, 4) is 0 Å². The molecule has 0 spiro atoms. The van der Waals surface area contributed by atoms with E-state index in [9.17, 15) is 0 Å². The van der Waals surface area contributed by atoms with Crippen LogP contribution in [0.1, 0.15) is 5.56 Å². The normalized spacial score (nSPS) is 10.1. The molecule has 2 nitrogen and oxygen atoms in total. The van der Waals surface area contributed by atoms with Crippen LogP contribution in [0.2, 0.25) is 0 Å². The van der Waals surface area contributed by atoms with Crippen molar-refractivity contribution < 1.29 is 0 Å². The van der Waals surface area contributed by atoms with Crippen molar-refractivity contribution >= 4 is 39.7 Å². The molecule has 0 aliphatic rings. The molecular weight excluding hydrogens is 311 g/mol. The molecule has 2 rings (SSSR count). The Morgan fingerprint density at radius 3 is 2.62 bits per heavy atom. The van der Waals surface area contributed by atoms with Gasteiger partial charge in [0, 0.05) is 14.9 Å². The summed E-state index contributed by atoms with van der Waals surface area (Å²) in [6.45, 7) is 2.08. The Balaban J connectivity index is 2.27. The van der Waals surface area contributed by atoms with Gasteiger partial charge in [-0.05, 0) is 65.4 Å². The zero-order chi connectivity index (χ0) is 11.5. The average molecular weight is 324 g/mol. The van der Waals surface area contributed by atoms with Gasteiger partial charge in [0.15, 0.2) is 0 Å². The summed E-state index contributed by atoms with van der Waals surface area (Å²) in [5, 5.41) is 3.38. The first-order chi connectivity index (χ1) is 7.65. The topological polar surface area (TPSA) is 38.0 Å². The smallest absolute Gasteiger partial charge is 0.0521 e. The van der Waals surface area contributed by atoms with E-state index in [0.29, 0.717) is 0 Å². The second-order valence-corrected chi connectivity index (χ2v) is 4.90. The first-order valence-corrected chi connectivity index (χ1v) is 6.12. The fourth-order valence-electron chi connectivity index (χ4n) is 1.51. The number of hydrogen-bond acceptors (Lipinski definition) is 2. The first kappa shape index (κ1) is 11.3. The summed E-state index contributed by atoms with van der Waals surface area (Å²) in [6.07, 6.45) is 0. The van der Waals surface area contributed by atoms with E-state index in [-0.39, 0.29) is 0 Å². The van der Waals surface area contributed by atoms with E-state index < -0.39 is 0 Å². The summed E-state index contributed by atoms with van der Waals surface area (Å²) < 4.78 is 1.12. The van der Waals surface area contributed by atoms with Crippen LogP contribution in [0.5, 0.6) is 0 Å². The summed E-state index contributed by atoms with van der Waals surface area (Å²) >= 11 is 2.28. The zero-order valence-electron chi connectivity index (χ0n) is 9.00. The minimum Gasteiger partial charge on any atom is -0.399 e. The predicted octanol–water partition coefficient (Wildman–Crippen LogP) is 3.93. The minimum atomic E-state index is 0.791. The lowest BCUT2D eigenvalue weighted by molar-refractivity contribution is 1.44. The lowest BCUT2D eigenvalue weighted by Crippen LogP contribution is -1.94. The van der Waals surface area contributed by atoms with Gasteiger partial charge in [0.2, 0.25) is 0 Å². The summed E-state index contributed by atoms with van der Waals surface area (Å²) in [5.41, 5.74) is 9.93. The van der Waals surface area contributed by atoms with Crippen molar-refractivity contribution in [3.63, 3.8) is 0 Å². The maximum Gasteiger partial charge on any atom is 0.0521 e. The van der Waals surface area contributed by atoms with Crippen molar-refractivity contribution in [1.29, 1.82) is 0 Å². The third-order valence-electron chi connectivity index (χ3n) is 2.29. The van der Waals surface area contributed by atoms with Crippen LogP contribution < -0.4 is 11.1 Å². The molecule has 3 N–H and O–H groups in total. The molecule has 0 aliphatic carbocycles. The predicted molar refractivity (Wildman–Crippen MR) is 78.0 cm³/mol. The van der Waals surface area contributed by atoms with E-state index in [4.69, 9.17) is 5.73 Å². The van der Waals surface area contributed by atoms with E-state index in [1.54, 1.807) is 0 Å². The summed E-state index contributed by atoms with van der Waals surface area (Å²) in [4.78, 5) is 0. The molecule has 0 saturated carbocycles. The fourth-order valence-corrected chi connectivity index (χ4v) is 2.19. The number of anilines is 3. The molecule has 0 aliphatic heterocycles. The highest BCUT2D eigenvalue weighted by Gasteiger charge is 2.00. The molecular formula is C13H13IN2. The van der Waals surface area contributed by atoms with Gasteiger partial charge in [0.25, 0.3) is 0 Å². The molecule has 0 radical (unpaired) electrons. The summed E-state index contributed by atoms with van der Waals surface area (Å²) in [5.74, 6) is 0. The summed E-state index contributed by atoms with van der Waals surface area (Å²) in [7, 11) is 0. The Hall–Kier alpha value is -1.23. The van der Waals surface area contributed by atoms with E-state index in [1.807, 2.05) is 24.3 Å². The van der Waals surface area contributed by atoms with E-state index in [0.717, 1.165) is 20.6 Å². The Kier molecular flexibility index (Phi) is 3.33. The standard InChI is InChI=1S/C13H13IN2/c1-9-3-2-4-11(7-9)16-13-6-5-10(15)8-12(13)14/h2-8,16H,15H2,1H3. The first-order valence-electron chi connectivity index (χ1n) is 5.04. The Labute approximate surface area is 109 Å². The maximum absolute atomic E-state index is 5.71. The van der Waals surface area contributed by atoms with Crippen LogP contribution in [0.25, 0.3) is 0 Å². The van der Waals surface area contributed by atoms with Crippen LogP contribution >= 0.6 is 22.6 Å². The Morgan fingerprint density at radius 2 is 1.94 bits per heavy atom. The molecule has 0 heterocycles. The molecule has 0 bridgehead atoms. The van der Waals surface area contributed by atoms with E-state index in [1.165, 1.54) is 5.56 Å². The number of halogens is 1. The number of rotatable bonds is 2. The van der Waals surface area contributed by atoms with Crippen LogP contribution in [0.15, 0.2) is 42.5 Å². The largest absolute Gasteiger partial charge is 0.399 e. The van der Waals surface area contributed by atoms with Gasteiger partial charge in [-0.1, -0.05) is 12.1 Å². The van der Waals surface area contributed by atoms with Gasteiger partial charge >= 0.3 is 0 Å². The second-order valence-electron chi connectivity index (χ2n) is 3.73. The lowest BCUT2D eigenvalue weighted by Gasteiger charge is -2.09. The van der Waals surface area contributed by atoms with Gasteiger partial charge in [-0.15, -0.1) is 0 Å². The quantitative estimate of drug-likeness (QED) is 0.649. The second kappa shape index (κ2) is 4.74. The van der Waals surface area contributed by atoms with Crippen LogP contribution in [0.3, 0.4) is 0 Å². The van der Waals surface area contributed by atoms with E-state index in [2.05, 4.69) is 53.0 Å². The van der Waals surface area contributed by atoms with Crippen molar-refractivity contribution in [2.75, 3.05) is 11.1 Å². The molecule has 0 atom stereocenters. The molecule has 0 aromatic heterocycles. The molecule has 0 fully saturated rings. The maximum atomic E-state index is 5.71. The van der Waals surface area contributed by atoms with Crippen LogP contribution in [0, 0.1) is 10.5 Å². The van der Waals surface area contributed by atoms with Crippen molar-refractivity contribution in [2.24, 2.45) is 0 Å². The average Bonchev–Trinajstić information content (AvgIpc) is 2.22. The highest BCUT2D eigenvalue weighted by molar-refractivity contribution is 14.1. The van der Waals surface area contributed by atoms with Crippen LogP contribution in [-0.4, -0.2) is 0 Å². The summed E-state index contributed by atoms with van der Waals surface area (Å²) in [6, 6.07) is 14.2. The number of nitrogens with two attached hydrogens (primary N) is 1. The molecule has 3 heteroatoms. The zero-order valence-corrected chi connectivity index (χ0v) is 11.2. The SMILES string of the molecule is Cc1cccc(Nc2ccc(N)cc2I)c1. The van der Waals surface area contributed by atoms with Crippen molar-refractivity contribution in [1.82, 2.24) is 0 Å². The van der Waals surface area contributed by atoms with Crippen molar-refractivity contribution in [3.05, 3.63) is 51.6 Å². The molecule has 0 unspecified atom stereocenters. The van der Waals surface area contributed by atoms with Crippen molar-refractivity contribution in [2.45, 2.75) is 6.92 Å².